The van der Waals surface area contributed by atoms with Crippen LogP contribution in [0.2, 0.25) is 0 Å². The highest BCUT2D eigenvalue weighted by Crippen LogP contribution is 2.35. The van der Waals surface area contributed by atoms with Gasteiger partial charge in [-0.05, 0) is 43.9 Å². The van der Waals surface area contributed by atoms with Crippen molar-refractivity contribution in [1.29, 1.82) is 0 Å². The van der Waals surface area contributed by atoms with Crippen molar-refractivity contribution in [3.05, 3.63) is 48.0 Å². The molecule has 3 aromatic heterocycles. The second kappa shape index (κ2) is 11.1. The Morgan fingerprint density at radius 2 is 1.86 bits per heavy atom. The average molecular weight is 490 g/mol. The van der Waals surface area contributed by atoms with Crippen LogP contribution < -0.4 is 10.6 Å². The fraction of sp³-hybridized carbons (Fsp3) is 0.500. The van der Waals surface area contributed by atoms with Gasteiger partial charge >= 0.3 is 5.97 Å². The lowest BCUT2D eigenvalue weighted by Crippen LogP contribution is -2.29. The molecule has 36 heavy (non-hydrogen) atoms. The van der Waals surface area contributed by atoms with Gasteiger partial charge in [0.15, 0.2) is 5.69 Å². The van der Waals surface area contributed by atoms with Crippen molar-refractivity contribution in [2.24, 2.45) is 5.92 Å². The number of carbonyl (C=O) groups is 2. The summed E-state index contributed by atoms with van der Waals surface area (Å²) in [6.45, 7) is 0.486. The minimum absolute atomic E-state index is 0.0114. The van der Waals surface area contributed by atoms with E-state index in [1.54, 1.807) is 6.20 Å². The molecule has 0 bridgehead atoms. The quantitative estimate of drug-likeness (QED) is 0.328. The smallest absolute Gasteiger partial charge is 0.356 e. The maximum Gasteiger partial charge on any atom is 0.356 e. The third kappa shape index (κ3) is 5.22. The summed E-state index contributed by atoms with van der Waals surface area (Å²) in [5, 5.41) is 7.50. The van der Waals surface area contributed by atoms with Crippen molar-refractivity contribution in [2.75, 3.05) is 17.7 Å². The summed E-state index contributed by atoms with van der Waals surface area (Å²) in [7, 11) is 1.37. The molecule has 2 fully saturated rings. The van der Waals surface area contributed by atoms with E-state index in [2.05, 4.69) is 15.6 Å². The normalized spacial score (nSPS) is 16.8. The number of esters is 1. The van der Waals surface area contributed by atoms with E-state index in [1.807, 2.05) is 35.0 Å². The maximum absolute atomic E-state index is 13.1. The molecule has 2 saturated carbocycles. The molecular formula is C28H35N5O3. The molecule has 2 aliphatic carbocycles. The first kappa shape index (κ1) is 24.3. The van der Waals surface area contributed by atoms with Crippen molar-refractivity contribution >= 4 is 34.3 Å². The van der Waals surface area contributed by atoms with E-state index in [1.165, 1.54) is 32.8 Å². The molecule has 8 heteroatoms. The number of carbonyl (C=O) groups excluding carboxylic acids is 2. The fourth-order valence-corrected chi connectivity index (χ4v) is 5.28. The van der Waals surface area contributed by atoms with Gasteiger partial charge in [0, 0.05) is 42.2 Å². The number of pyridine rings is 2. The second-order valence-electron chi connectivity index (χ2n) is 9.98. The largest absolute Gasteiger partial charge is 0.464 e. The number of hydrogen-bond acceptors (Lipinski definition) is 6. The van der Waals surface area contributed by atoms with Gasteiger partial charge in [0.25, 0.3) is 0 Å². The molecule has 8 nitrogen and oxygen atoms in total. The lowest BCUT2D eigenvalue weighted by Gasteiger charge is -2.24. The SMILES string of the molecule is COC(=O)c1c(NC(=O)C2CCC2)c2cc(NC3CCCCCC3)cnc2n1CCc1ccccn1. The summed E-state index contributed by atoms with van der Waals surface area (Å²) < 4.78 is 7.04. The average Bonchev–Trinajstić information content (AvgIpc) is 2.99. The highest BCUT2D eigenvalue weighted by atomic mass is 16.5. The predicted molar refractivity (Wildman–Crippen MR) is 140 cm³/mol. The first-order valence-corrected chi connectivity index (χ1v) is 13.2. The summed E-state index contributed by atoms with van der Waals surface area (Å²) in [6.07, 6.45) is 14.3. The van der Waals surface area contributed by atoms with Gasteiger partial charge in [-0.3, -0.25) is 9.78 Å². The number of aryl methyl sites for hydroxylation is 2. The minimum atomic E-state index is -0.490. The Hall–Kier alpha value is -3.42. The van der Waals surface area contributed by atoms with Gasteiger partial charge in [-0.2, -0.15) is 0 Å². The van der Waals surface area contributed by atoms with Gasteiger partial charge in [0.05, 0.1) is 24.7 Å². The van der Waals surface area contributed by atoms with Crippen LogP contribution in [0.5, 0.6) is 0 Å². The number of methoxy groups -OCH3 is 1. The number of hydrogen-bond donors (Lipinski definition) is 2. The van der Waals surface area contributed by atoms with Crippen molar-refractivity contribution in [2.45, 2.75) is 76.8 Å². The zero-order chi connectivity index (χ0) is 24.9. The molecule has 1 amide bonds. The van der Waals surface area contributed by atoms with E-state index in [9.17, 15) is 9.59 Å². The highest BCUT2D eigenvalue weighted by molar-refractivity contribution is 6.11. The molecule has 0 saturated heterocycles. The summed E-state index contributed by atoms with van der Waals surface area (Å²) >= 11 is 0. The second-order valence-corrected chi connectivity index (χ2v) is 9.98. The Morgan fingerprint density at radius 3 is 2.53 bits per heavy atom. The third-order valence-electron chi connectivity index (χ3n) is 7.54. The molecule has 2 aliphatic rings. The number of fused-ring (bicyclic) bond motifs is 1. The molecule has 2 N–H and O–H groups in total. The molecular weight excluding hydrogens is 454 g/mol. The summed E-state index contributed by atoms with van der Waals surface area (Å²) in [5.41, 5.74) is 3.30. The van der Waals surface area contributed by atoms with Crippen LogP contribution in [-0.4, -0.2) is 39.6 Å². The van der Waals surface area contributed by atoms with E-state index in [4.69, 9.17) is 9.72 Å². The van der Waals surface area contributed by atoms with Crippen molar-refractivity contribution in [3.63, 3.8) is 0 Å². The molecule has 0 unspecified atom stereocenters. The van der Waals surface area contributed by atoms with E-state index in [0.29, 0.717) is 36.0 Å². The highest BCUT2D eigenvalue weighted by Gasteiger charge is 2.30. The van der Waals surface area contributed by atoms with Gasteiger partial charge in [0.1, 0.15) is 5.65 Å². The summed E-state index contributed by atoms with van der Waals surface area (Å²) in [5.74, 6) is -0.545. The van der Waals surface area contributed by atoms with Gasteiger partial charge in [-0.25, -0.2) is 9.78 Å². The van der Waals surface area contributed by atoms with E-state index < -0.39 is 5.97 Å². The molecule has 5 rings (SSSR count). The number of nitrogens with one attached hydrogen (secondary N) is 2. The summed E-state index contributed by atoms with van der Waals surface area (Å²) in [4.78, 5) is 35.3. The molecule has 0 aromatic carbocycles. The van der Waals surface area contributed by atoms with Crippen molar-refractivity contribution in [1.82, 2.24) is 14.5 Å². The van der Waals surface area contributed by atoms with E-state index >= 15 is 0 Å². The van der Waals surface area contributed by atoms with Crippen molar-refractivity contribution < 1.29 is 14.3 Å². The van der Waals surface area contributed by atoms with Crippen LogP contribution >= 0.6 is 0 Å². The molecule has 0 radical (unpaired) electrons. The lowest BCUT2D eigenvalue weighted by atomic mass is 9.85. The minimum Gasteiger partial charge on any atom is -0.464 e. The van der Waals surface area contributed by atoms with Crippen molar-refractivity contribution in [3.8, 4) is 0 Å². The predicted octanol–water partition coefficient (Wildman–Crippen LogP) is 5.33. The van der Waals surface area contributed by atoms with Gasteiger partial charge in [-0.15, -0.1) is 0 Å². The fourth-order valence-electron chi connectivity index (χ4n) is 5.28. The molecule has 190 valence electrons. The zero-order valence-electron chi connectivity index (χ0n) is 21.0. The Kier molecular flexibility index (Phi) is 7.49. The third-order valence-corrected chi connectivity index (χ3v) is 7.54. The van der Waals surface area contributed by atoms with Crippen LogP contribution in [0, 0.1) is 5.92 Å². The number of aromatic nitrogens is 3. The first-order chi connectivity index (χ1) is 17.6. The number of nitrogens with zero attached hydrogens (tertiary/aromatic N) is 3. The van der Waals surface area contributed by atoms with Crippen LogP contribution in [-0.2, 0) is 22.5 Å². The Morgan fingerprint density at radius 1 is 1.06 bits per heavy atom. The topological polar surface area (TPSA) is 98.1 Å². The van der Waals surface area contributed by atoms with E-state index in [-0.39, 0.29) is 11.8 Å². The molecule has 0 spiro atoms. The van der Waals surface area contributed by atoms with Crippen LogP contribution in [0.25, 0.3) is 11.0 Å². The van der Waals surface area contributed by atoms with Crippen LogP contribution in [0.3, 0.4) is 0 Å². The van der Waals surface area contributed by atoms with E-state index in [0.717, 1.165) is 48.9 Å². The van der Waals surface area contributed by atoms with Gasteiger partial charge in [0.2, 0.25) is 5.91 Å². The standard InChI is InChI=1S/C28H35N5O3/c1-36-28(35)25-24(32-27(34)19-9-8-10-19)23-17-22(31-21-12-4-2-3-5-13-21)18-30-26(23)33(25)16-14-20-11-6-7-15-29-20/h6-7,11,15,17-19,21,31H,2-5,8-10,12-14,16H2,1H3,(H,32,34). The number of anilines is 2. The Bertz CT molecular complexity index is 1210. The summed E-state index contributed by atoms with van der Waals surface area (Å²) in [6, 6.07) is 8.22. The molecule has 3 aromatic rings. The van der Waals surface area contributed by atoms with Gasteiger partial charge < -0.3 is 19.9 Å². The number of amides is 1. The number of ether oxygens (including phenoxy) is 1. The maximum atomic E-state index is 13.1. The molecule has 0 atom stereocenters. The van der Waals surface area contributed by atoms with Gasteiger partial charge in [-0.1, -0.05) is 38.2 Å². The van der Waals surface area contributed by atoms with Crippen LogP contribution in [0.4, 0.5) is 11.4 Å². The molecule has 3 heterocycles. The van der Waals surface area contributed by atoms with Crippen LogP contribution in [0.15, 0.2) is 36.7 Å². The lowest BCUT2D eigenvalue weighted by molar-refractivity contribution is -0.122. The Balaban J connectivity index is 1.54. The molecule has 0 aliphatic heterocycles. The van der Waals surface area contributed by atoms with Crippen LogP contribution in [0.1, 0.15) is 74.0 Å². The Labute approximate surface area is 211 Å². The number of rotatable bonds is 8. The first-order valence-electron chi connectivity index (χ1n) is 13.2. The zero-order valence-corrected chi connectivity index (χ0v) is 21.0. The monoisotopic (exact) mass is 489 g/mol.